The van der Waals surface area contributed by atoms with E-state index in [1.807, 2.05) is 9.80 Å². The maximum Gasteiger partial charge on any atom is 0.264 e. The molecule has 7 heteroatoms. The van der Waals surface area contributed by atoms with Crippen LogP contribution in [0.3, 0.4) is 0 Å². The number of ether oxygens (including phenoxy) is 1. The van der Waals surface area contributed by atoms with Crippen LogP contribution in [0.1, 0.15) is 10.4 Å². The number of hydrogen-bond donors (Lipinski definition) is 1. The van der Waals surface area contributed by atoms with E-state index >= 15 is 0 Å². The van der Waals surface area contributed by atoms with Crippen molar-refractivity contribution in [3.05, 3.63) is 65.0 Å². The zero-order valence-electron chi connectivity index (χ0n) is 13.9. The number of aromatic nitrogens is 2. The molecule has 1 N–H and O–H groups in total. The van der Waals surface area contributed by atoms with Crippen LogP contribution in [0.4, 0.5) is 5.82 Å². The molecule has 3 rings (SSSR count). The van der Waals surface area contributed by atoms with Crippen molar-refractivity contribution in [3.8, 4) is 5.75 Å². The molecule has 0 spiro atoms. The lowest BCUT2D eigenvalue weighted by molar-refractivity contribution is 0.0746. The van der Waals surface area contributed by atoms with Crippen molar-refractivity contribution in [2.75, 3.05) is 37.7 Å². The van der Waals surface area contributed by atoms with Gasteiger partial charge in [-0.15, -0.1) is 0 Å². The monoisotopic (exact) mass is 340 g/mol. The Morgan fingerprint density at radius 1 is 1.16 bits per heavy atom. The lowest BCUT2D eigenvalue weighted by atomic mass is 10.1. The molecule has 2 aromatic rings. The van der Waals surface area contributed by atoms with Crippen molar-refractivity contribution < 1.29 is 9.53 Å². The molecule has 1 aliphatic heterocycles. The number of hydrogen-bond acceptors (Lipinski definition) is 5. The average molecular weight is 340 g/mol. The third kappa shape index (κ3) is 4.06. The second kappa shape index (κ2) is 7.65. The zero-order chi connectivity index (χ0) is 17.6. The average Bonchev–Trinajstić information content (AvgIpc) is 2.67. The highest BCUT2D eigenvalue weighted by Gasteiger charge is 2.22. The molecule has 0 bridgehead atoms. The summed E-state index contributed by atoms with van der Waals surface area (Å²) in [6.45, 7) is 6.60. The Labute approximate surface area is 145 Å². The molecule has 1 aromatic carbocycles. The molecule has 1 aliphatic rings. The molecule has 25 heavy (non-hydrogen) atoms. The molecular formula is C18H20N4O3. The fourth-order valence-corrected chi connectivity index (χ4v) is 2.68. The molecular weight excluding hydrogens is 320 g/mol. The first-order chi connectivity index (χ1) is 12.2. The summed E-state index contributed by atoms with van der Waals surface area (Å²) in [6.07, 6.45) is 1.68. The number of nitrogens with one attached hydrogen (secondary N) is 1. The number of aromatic amines is 1. The van der Waals surface area contributed by atoms with Gasteiger partial charge in [0, 0.05) is 37.8 Å². The van der Waals surface area contributed by atoms with E-state index in [1.165, 1.54) is 6.07 Å². The van der Waals surface area contributed by atoms with E-state index in [0.29, 0.717) is 44.1 Å². The van der Waals surface area contributed by atoms with Gasteiger partial charge in [-0.25, -0.2) is 5.10 Å². The number of benzene rings is 1. The van der Waals surface area contributed by atoms with Crippen molar-refractivity contribution in [2.24, 2.45) is 0 Å². The Bertz CT molecular complexity index is 772. The van der Waals surface area contributed by atoms with Crippen LogP contribution in [0, 0.1) is 0 Å². The molecule has 0 aliphatic carbocycles. The summed E-state index contributed by atoms with van der Waals surface area (Å²) in [5, 5.41) is 6.46. The Balaban J connectivity index is 1.58. The Morgan fingerprint density at radius 2 is 1.88 bits per heavy atom. The maximum absolute atomic E-state index is 12.6. The van der Waals surface area contributed by atoms with Gasteiger partial charge < -0.3 is 14.5 Å². The summed E-state index contributed by atoms with van der Waals surface area (Å²) >= 11 is 0. The lowest BCUT2D eigenvalue weighted by Crippen LogP contribution is -2.49. The number of carbonyl (C=O) groups excluding carboxylic acids is 1. The first-order valence-corrected chi connectivity index (χ1v) is 8.11. The second-order valence-corrected chi connectivity index (χ2v) is 5.68. The topological polar surface area (TPSA) is 78.5 Å². The molecule has 0 unspecified atom stereocenters. The van der Waals surface area contributed by atoms with Crippen molar-refractivity contribution in [1.82, 2.24) is 15.1 Å². The molecule has 0 radical (unpaired) electrons. The van der Waals surface area contributed by atoms with E-state index in [1.54, 1.807) is 36.4 Å². The summed E-state index contributed by atoms with van der Waals surface area (Å²) < 4.78 is 5.43. The highest BCUT2D eigenvalue weighted by molar-refractivity contribution is 5.94. The lowest BCUT2D eigenvalue weighted by Gasteiger charge is -2.35. The Kier molecular flexibility index (Phi) is 5.13. The van der Waals surface area contributed by atoms with Crippen molar-refractivity contribution in [2.45, 2.75) is 0 Å². The van der Waals surface area contributed by atoms with Gasteiger partial charge in [0.05, 0.1) is 0 Å². The summed E-state index contributed by atoms with van der Waals surface area (Å²) in [5.74, 6) is 1.44. The van der Waals surface area contributed by atoms with E-state index < -0.39 is 0 Å². The van der Waals surface area contributed by atoms with Gasteiger partial charge in [-0.2, -0.15) is 5.10 Å². The molecule has 0 atom stereocenters. The molecule has 2 heterocycles. The highest BCUT2D eigenvalue weighted by Crippen LogP contribution is 2.16. The molecule has 130 valence electrons. The van der Waals surface area contributed by atoms with Gasteiger partial charge in [-0.3, -0.25) is 9.59 Å². The van der Waals surface area contributed by atoms with Gasteiger partial charge >= 0.3 is 0 Å². The van der Waals surface area contributed by atoms with Crippen LogP contribution in [0.15, 0.2) is 53.8 Å². The fourth-order valence-electron chi connectivity index (χ4n) is 2.68. The largest absolute Gasteiger partial charge is 0.490 e. The van der Waals surface area contributed by atoms with E-state index in [0.717, 1.165) is 5.82 Å². The van der Waals surface area contributed by atoms with Crippen LogP contribution in [0.2, 0.25) is 0 Å². The van der Waals surface area contributed by atoms with Crippen LogP contribution < -0.4 is 15.2 Å². The van der Waals surface area contributed by atoms with Gasteiger partial charge in [0.25, 0.3) is 11.5 Å². The zero-order valence-corrected chi connectivity index (χ0v) is 13.9. The van der Waals surface area contributed by atoms with E-state index in [9.17, 15) is 9.59 Å². The fraction of sp³-hybridized carbons (Fsp3) is 0.278. The normalized spacial score (nSPS) is 14.2. The summed E-state index contributed by atoms with van der Waals surface area (Å²) in [4.78, 5) is 27.6. The minimum Gasteiger partial charge on any atom is -0.490 e. The molecule has 1 fully saturated rings. The van der Waals surface area contributed by atoms with Gasteiger partial charge in [-0.1, -0.05) is 12.7 Å². The molecule has 0 saturated carbocycles. The number of rotatable bonds is 5. The van der Waals surface area contributed by atoms with Gasteiger partial charge in [0.1, 0.15) is 18.2 Å². The third-order valence-corrected chi connectivity index (χ3v) is 4.02. The van der Waals surface area contributed by atoms with Crippen LogP contribution in [0.5, 0.6) is 5.75 Å². The van der Waals surface area contributed by atoms with Crippen molar-refractivity contribution >= 4 is 11.7 Å². The van der Waals surface area contributed by atoms with E-state index in [-0.39, 0.29) is 11.5 Å². The number of anilines is 1. The van der Waals surface area contributed by atoms with Gasteiger partial charge in [-0.05, 0) is 30.3 Å². The van der Waals surface area contributed by atoms with E-state index in [2.05, 4.69) is 16.8 Å². The maximum atomic E-state index is 12.6. The predicted molar refractivity (Wildman–Crippen MR) is 95.1 cm³/mol. The number of nitrogens with zero attached hydrogens (tertiary/aromatic N) is 3. The van der Waals surface area contributed by atoms with Gasteiger partial charge in [0.2, 0.25) is 0 Å². The molecule has 7 nitrogen and oxygen atoms in total. The van der Waals surface area contributed by atoms with Crippen LogP contribution >= 0.6 is 0 Å². The van der Waals surface area contributed by atoms with Crippen LogP contribution in [-0.4, -0.2) is 53.8 Å². The highest BCUT2D eigenvalue weighted by atomic mass is 16.5. The number of amides is 1. The number of carbonyl (C=O) groups is 1. The molecule has 1 saturated heterocycles. The van der Waals surface area contributed by atoms with Crippen LogP contribution in [-0.2, 0) is 0 Å². The standard InChI is InChI=1S/C18H20N4O3/c1-2-13-25-15-5-3-14(4-6-15)18(24)22-11-9-21(10-12-22)16-7-8-17(23)20-19-16/h2-8H,1,9-13H2,(H,20,23). The minimum atomic E-state index is -0.224. The first-order valence-electron chi connectivity index (χ1n) is 8.11. The van der Waals surface area contributed by atoms with Gasteiger partial charge in [0.15, 0.2) is 0 Å². The quantitative estimate of drug-likeness (QED) is 0.830. The smallest absolute Gasteiger partial charge is 0.264 e. The number of H-pyrrole nitrogens is 1. The molecule has 1 amide bonds. The number of piperazine rings is 1. The van der Waals surface area contributed by atoms with E-state index in [4.69, 9.17) is 4.74 Å². The SMILES string of the molecule is C=CCOc1ccc(C(=O)N2CCN(c3ccc(=O)[nH]n3)CC2)cc1. The van der Waals surface area contributed by atoms with Crippen molar-refractivity contribution in [1.29, 1.82) is 0 Å². The second-order valence-electron chi connectivity index (χ2n) is 5.68. The van der Waals surface area contributed by atoms with Crippen LogP contribution in [0.25, 0.3) is 0 Å². The summed E-state index contributed by atoms with van der Waals surface area (Å²) in [6, 6.07) is 10.3. The minimum absolute atomic E-state index is 0.00403. The predicted octanol–water partition coefficient (Wildman–Crippen LogP) is 1.30. The third-order valence-electron chi connectivity index (χ3n) is 4.02. The molecule has 1 aromatic heterocycles. The van der Waals surface area contributed by atoms with Crippen molar-refractivity contribution in [3.63, 3.8) is 0 Å². The Morgan fingerprint density at radius 3 is 2.48 bits per heavy atom. The first kappa shape index (κ1) is 16.8. The summed E-state index contributed by atoms with van der Waals surface area (Å²) in [5.41, 5.74) is 0.416. The Hall–Kier alpha value is -3.09. The summed E-state index contributed by atoms with van der Waals surface area (Å²) in [7, 11) is 0.